The van der Waals surface area contributed by atoms with E-state index in [0.717, 1.165) is 27.6 Å². The second kappa shape index (κ2) is 5.71. The lowest BCUT2D eigenvalue weighted by Crippen LogP contribution is -2.03. The summed E-state index contributed by atoms with van der Waals surface area (Å²) in [6.07, 6.45) is 2.25. The molecule has 0 unspecified atom stereocenters. The fourth-order valence-electron chi connectivity index (χ4n) is 2.41. The minimum atomic E-state index is -0.289. The van der Waals surface area contributed by atoms with E-state index in [1.165, 1.54) is 0 Å². The first-order valence-corrected chi connectivity index (χ1v) is 6.79. The minimum Gasteiger partial charge on any atom is -0.265 e. The molecule has 0 bridgehead atoms. The van der Waals surface area contributed by atoms with Crippen LogP contribution in [0.2, 0.25) is 0 Å². The van der Waals surface area contributed by atoms with Gasteiger partial charge in [0.05, 0.1) is 5.52 Å². The van der Waals surface area contributed by atoms with Crippen LogP contribution in [0.4, 0.5) is 0 Å². The molecule has 0 amide bonds. The molecule has 0 saturated carbocycles. The Kier molecular flexibility index (Phi) is 3.60. The zero-order chi connectivity index (χ0) is 14.7. The van der Waals surface area contributed by atoms with Gasteiger partial charge in [-0.25, -0.2) is 0 Å². The molecule has 0 fully saturated rings. The summed E-state index contributed by atoms with van der Waals surface area (Å²) in [6, 6.07) is 17.9. The van der Waals surface area contributed by atoms with Gasteiger partial charge in [0.15, 0.2) is 0 Å². The van der Waals surface area contributed by atoms with Crippen LogP contribution in [0.1, 0.15) is 5.56 Å². The minimum absolute atomic E-state index is 0.0326. The number of benzene rings is 2. The molecule has 0 aliphatic heterocycles. The first kappa shape index (κ1) is 13.2. The lowest BCUT2D eigenvalue weighted by molar-refractivity contribution is -0.479. The van der Waals surface area contributed by atoms with Gasteiger partial charge in [0.1, 0.15) is 0 Å². The lowest BCUT2D eigenvalue weighted by atomic mass is 10.00. The number of hydrogen-bond acceptors (Lipinski definition) is 3. The highest BCUT2D eigenvalue weighted by molar-refractivity contribution is 5.93. The van der Waals surface area contributed by atoms with E-state index < -0.39 is 0 Å². The Morgan fingerprint density at radius 1 is 1.00 bits per heavy atom. The average Bonchev–Trinajstić information content (AvgIpc) is 2.53. The van der Waals surface area contributed by atoms with E-state index in [0.29, 0.717) is 6.42 Å². The van der Waals surface area contributed by atoms with E-state index in [2.05, 4.69) is 4.98 Å². The first-order valence-electron chi connectivity index (χ1n) is 6.79. The van der Waals surface area contributed by atoms with Gasteiger partial charge in [0.25, 0.3) is 0 Å². The van der Waals surface area contributed by atoms with Crippen LogP contribution in [-0.4, -0.2) is 16.5 Å². The van der Waals surface area contributed by atoms with Crippen molar-refractivity contribution in [3.8, 4) is 11.1 Å². The molecule has 2 aromatic carbocycles. The Labute approximate surface area is 122 Å². The molecular formula is C17H14N2O2. The van der Waals surface area contributed by atoms with Gasteiger partial charge in [0, 0.05) is 28.5 Å². The van der Waals surface area contributed by atoms with Crippen molar-refractivity contribution >= 4 is 10.9 Å². The van der Waals surface area contributed by atoms with Crippen molar-refractivity contribution in [2.75, 3.05) is 6.54 Å². The zero-order valence-electron chi connectivity index (χ0n) is 11.4. The van der Waals surface area contributed by atoms with E-state index >= 15 is 0 Å². The molecule has 0 saturated heterocycles. The molecular weight excluding hydrogens is 264 g/mol. The molecule has 0 radical (unpaired) electrons. The summed E-state index contributed by atoms with van der Waals surface area (Å²) < 4.78 is 0. The van der Waals surface area contributed by atoms with Gasteiger partial charge in [-0.05, 0) is 17.2 Å². The highest BCUT2D eigenvalue weighted by atomic mass is 16.6. The van der Waals surface area contributed by atoms with Gasteiger partial charge >= 0.3 is 0 Å². The molecule has 3 aromatic rings. The maximum Gasteiger partial charge on any atom is 0.207 e. The van der Waals surface area contributed by atoms with Gasteiger partial charge in [-0.15, -0.1) is 0 Å². The molecule has 1 heterocycles. The number of nitrogens with zero attached hydrogens (tertiary/aromatic N) is 2. The molecule has 0 spiro atoms. The monoisotopic (exact) mass is 278 g/mol. The van der Waals surface area contributed by atoms with Crippen LogP contribution in [0.15, 0.2) is 60.8 Å². The second-order valence-electron chi connectivity index (χ2n) is 4.88. The SMILES string of the molecule is O=[N+]([O-])CCc1ccc(-c2cccc3cccnc23)cc1. The smallest absolute Gasteiger partial charge is 0.207 e. The number of nitro groups is 1. The fourth-order valence-corrected chi connectivity index (χ4v) is 2.41. The van der Waals surface area contributed by atoms with Crippen molar-refractivity contribution in [3.63, 3.8) is 0 Å². The molecule has 0 aliphatic carbocycles. The van der Waals surface area contributed by atoms with Crippen molar-refractivity contribution in [1.82, 2.24) is 4.98 Å². The van der Waals surface area contributed by atoms with Crippen molar-refractivity contribution in [2.24, 2.45) is 0 Å². The van der Waals surface area contributed by atoms with Crippen molar-refractivity contribution in [3.05, 3.63) is 76.5 Å². The number of para-hydroxylation sites is 1. The summed E-state index contributed by atoms with van der Waals surface area (Å²) in [5, 5.41) is 11.5. The molecule has 1 aromatic heterocycles. The van der Waals surface area contributed by atoms with Crippen molar-refractivity contribution < 1.29 is 4.92 Å². The Balaban J connectivity index is 1.94. The summed E-state index contributed by atoms with van der Waals surface area (Å²) >= 11 is 0. The first-order chi connectivity index (χ1) is 10.2. The van der Waals surface area contributed by atoms with Gasteiger partial charge in [-0.2, -0.15) is 0 Å². The van der Waals surface area contributed by atoms with Crippen molar-refractivity contribution in [1.29, 1.82) is 0 Å². The molecule has 21 heavy (non-hydrogen) atoms. The Morgan fingerprint density at radius 2 is 1.76 bits per heavy atom. The highest BCUT2D eigenvalue weighted by Crippen LogP contribution is 2.27. The van der Waals surface area contributed by atoms with E-state index in [-0.39, 0.29) is 11.5 Å². The van der Waals surface area contributed by atoms with Crippen LogP contribution in [0.3, 0.4) is 0 Å². The van der Waals surface area contributed by atoms with Crippen molar-refractivity contribution in [2.45, 2.75) is 6.42 Å². The van der Waals surface area contributed by atoms with Crippen LogP contribution in [0.25, 0.3) is 22.0 Å². The Morgan fingerprint density at radius 3 is 2.52 bits per heavy atom. The third-order valence-corrected chi connectivity index (χ3v) is 3.48. The zero-order valence-corrected chi connectivity index (χ0v) is 11.4. The molecule has 0 N–H and O–H groups in total. The summed E-state index contributed by atoms with van der Waals surface area (Å²) in [4.78, 5) is 14.6. The molecule has 4 heteroatoms. The maximum absolute atomic E-state index is 10.4. The summed E-state index contributed by atoms with van der Waals surface area (Å²) in [5.41, 5.74) is 4.10. The van der Waals surface area contributed by atoms with E-state index in [1.807, 2.05) is 54.6 Å². The summed E-state index contributed by atoms with van der Waals surface area (Å²) in [7, 11) is 0. The normalized spacial score (nSPS) is 10.7. The lowest BCUT2D eigenvalue weighted by Gasteiger charge is -2.06. The second-order valence-corrected chi connectivity index (χ2v) is 4.88. The van der Waals surface area contributed by atoms with Gasteiger partial charge in [-0.1, -0.05) is 48.5 Å². The number of rotatable bonds is 4. The van der Waals surface area contributed by atoms with E-state index in [9.17, 15) is 10.1 Å². The largest absolute Gasteiger partial charge is 0.265 e. The quantitative estimate of drug-likeness (QED) is 0.540. The third kappa shape index (κ3) is 2.89. The molecule has 4 nitrogen and oxygen atoms in total. The molecule has 0 aliphatic rings. The maximum atomic E-state index is 10.4. The van der Waals surface area contributed by atoms with Gasteiger partial charge in [0.2, 0.25) is 6.54 Å². The summed E-state index contributed by atoms with van der Waals surface area (Å²) in [5.74, 6) is 0. The Bertz CT molecular complexity index is 777. The van der Waals surface area contributed by atoms with Gasteiger partial charge < -0.3 is 0 Å². The fraction of sp³-hybridized carbons (Fsp3) is 0.118. The topological polar surface area (TPSA) is 56.0 Å². The predicted molar refractivity (Wildman–Crippen MR) is 82.7 cm³/mol. The molecule has 104 valence electrons. The number of hydrogen-bond donors (Lipinski definition) is 0. The molecule has 0 atom stereocenters. The number of fused-ring (bicyclic) bond motifs is 1. The summed E-state index contributed by atoms with van der Waals surface area (Å²) in [6.45, 7) is -0.0326. The van der Waals surface area contributed by atoms with Crippen LogP contribution < -0.4 is 0 Å². The molecule has 3 rings (SSSR count). The van der Waals surface area contributed by atoms with E-state index in [1.54, 1.807) is 6.20 Å². The number of aromatic nitrogens is 1. The van der Waals surface area contributed by atoms with E-state index in [4.69, 9.17) is 0 Å². The average molecular weight is 278 g/mol. The third-order valence-electron chi connectivity index (χ3n) is 3.48. The Hall–Kier alpha value is -2.75. The van der Waals surface area contributed by atoms with Crippen LogP contribution in [0.5, 0.6) is 0 Å². The predicted octanol–water partition coefficient (Wildman–Crippen LogP) is 3.72. The van der Waals surface area contributed by atoms with Crippen LogP contribution in [-0.2, 0) is 6.42 Å². The van der Waals surface area contributed by atoms with Crippen LogP contribution in [0, 0.1) is 10.1 Å². The van der Waals surface area contributed by atoms with Crippen LogP contribution >= 0.6 is 0 Å². The highest BCUT2D eigenvalue weighted by Gasteiger charge is 2.05. The number of pyridine rings is 1. The standard InChI is InChI=1S/C17H14N2O2/c20-19(21)12-10-13-6-8-14(9-7-13)16-5-1-3-15-4-2-11-18-17(15)16/h1-9,11H,10,12H2. The van der Waals surface area contributed by atoms with Gasteiger partial charge in [-0.3, -0.25) is 15.1 Å².